The summed E-state index contributed by atoms with van der Waals surface area (Å²) in [6.45, 7) is 2.92. The lowest BCUT2D eigenvalue weighted by atomic mass is 10.1. The summed E-state index contributed by atoms with van der Waals surface area (Å²) in [5, 5.41) is 0. The van der Waals surface area contributed by atoms with Crippen molar-refractivity contribution in [2.24, 2.45) is 0 Å². The van der Waals surface area contributed by atoms with E-state index >= 15 is 0 Å². The zero-order chi connectivity index (χ0) is 13.2. The second-order valence-corrected chi connectivity index (χ2v) is 5.32. The van der Waals surface area contributed by atoms with E-state index in [0.717, 1.165) is 25.8 Å². The van der Waals surface area contributed by atoms with Crippen LogP contribution in [-0.4, -0.2) is 66.8 Å². The number of hydrogen-bond acceptors (Lipinski definition) is 4. The molecule has 0 spiro atoms. The van der Waals surface area contributed by atoms with Gasteiger partial charge in [-0.3, -0.25) is 9.59 Å². The lowest BCUT2D eigenvalue weighted by molar-refractivity contribution is -0.184. The average molecular weight is 268 g/mol. The normalized spacial score (nSPS) is 28.9. The lowest BCUT2D eigenvalue weighted by Gasteiger charge is -2.37. The van der Waals surface area contributed by atoms with E-state index in [-0.39, 0.29) is 30.7 Å². The third-order valence-corrected chi connectivity index (χ3v) is 4.03. The third-order valence-electron chi connectivity index (χ3n) is 4.03. The number of nitrogens with zero attached hydrogens (tertiary/aromatic N) is 2. The van der Waals surface area contributed by atoms with Gasteiger partial charge < -0.3 is 19.3 Å². The Morgan fingerprint density at radius 2 is 1.95 bits per heavy atom. The van der Waals surface area contributed by atoms with Gasteiger partial charge in [0.2, 0.25) is 11.8 Å². The summed E-state index contributed by atoms with van der Waals surface area (Å²) in [7, 11) is 0. The molecule has 3 rings (SSSR count). The van der Waals surface area contributed by atoms with Crippen LogP contribution in [0, 0.1) is 0 Å². The number of carbonyl (C=O) groups is 2. The van der Waals surface area contributed by atoms with Crippen LogP contribution < -0.4 is 0 Å². The van der Waals surface area contributed by atoms with Crippen LogP contribution in [0.5, 0.6) is 0 Å². The lowest BCUT2D eigenvalue weighted by Crippen LogP contribution is -2.57. The van der Waals surface area contributed by atoms with Gasteiger partial charge in [-0.1, -0.05) is 0 Å². The van der Waals surface area contributed by atoms with Gasteiger partial charge in [-0.15, -0.1) is 0 Å². The van der Waals surface area contributed by atoms with Crippen molar-refractivity contribution < 1.29 is 19.1 Å². The number of ether oxygens (including phenoxy) is 2. The highest BCUT2D eigenvalue weighted by Gasteiger charge is 2.41. The van der Waals surface area contributed by atoms with E-state index in [1.54, 1.807) is 9.80 Å². The Labute approximate surface area is 112 Å². The predicted octanol–water partition coefficient (Wildman–Crippen LogP) is -0.0273. The van der Waals surface area contributed by atoms with E-state index in [4.69, 9.17) is 9.47 Å². The zero-order valence-electron chi connectivity index (χ0n) is 11.0. The fraction of sp³-hybridized carbons (Fsp3) is 0.846. The largest absolute Gasteiger partial charge is 0.353 e. The predicted molar refractivity (Wildman–Crippen MR) is 66.2 cm³/mol. The number of hydrogen-bond donors (Lipinski definition) is 0. The minimum atomic E-state index is -0.224. The van der Waals surface area contributed by atoms with Gasteiger partial charge in [0.25, 0.3) is 0 Å². The maximum atomic E-state index is 12.3. The van der Waals surface area contributed by atoms with Gasteiger partial charge in [0.15, 0.2) is 6.29 Å². The first-order chi connectivity index (χ1) is 9.25. The van der Waals surface area contributed by atoms with Crippen LogP contribution in [0.25, 0.3) is 0 Å². The summed E-state index contributed by atoms with van der Waals surface area (Å²) in [5.41, 5.74) is 0. The van der Waals surface area contributed by atoms with Gasteiger partial charge >= 0.3 is 0 Å². The Balaban J connectivity index is 1.55. The second-order valence-electron chi connectivity index (χ2n) is 5.32. The van der Waals surface area contributed by atoms with Gasteiger partial charge in [-0.05, 0) is 19.3 Å². The molecule has 1 atom stereocenters. The van der Waals surface area contributed by atoms with Gasteiger partial charge in [0.05, 0.1) is 19.8 Å². The highest BCUT2D eigenvalue weighted by atomic mass is 16.7. The molecule has 6 heteroatoms. The molecule has 3 aliphatic rings. The molecule has 0 aliphatic carbocycles. The van der Waals surface area contributed by atoms with Crippen molar-refractivity contribution in [1.29, 1.82) is 0 Å². The second kappa shape index (κ2) is 5.46. The fourth-order valence-electron chi connectivity index (χ4n) is 3.02. The molecule has 2 amide bonds. The molecule has 3 fully saturated rings. The maximum Gasteiger partial charge on any atom is 0.245 e. The summed E-state index contributed by atoms with van der Waals surface area (Å²) >= 11 is 0. The third kappa shape index (κ3) is 2.60. The molecule has 106 valence electrons. The van der Waals surface area contributed by atoms with E-state index in [9.17, 15) is 9.59 Å². The first kappa shape index (κ1) is 12.9. The molecule has 3 heterocycles. The van der Waals surface area contributed by atoms with Crippen LogP contribution in [-0.2, 0) is 19.1 Å². The Bertz CT molecular complexity index is 368. The van der Waals surface area contributed by atoms with Crippen molar-refractivity contribution in [3.05, 3.63) is 0 Å². The van der Waals surface area contributed by atoms with E-state index in [0.29, 0.717) is 26.2 Å². The molecule has 0 radical (unpaired) electrons. The molecule has 0 aromatic rings. The van der Waals surface area contributed by atoms with Crippen LogP contribution >= 0.6 is 0 Å². The molecule has 6 nitrogen and oxygen atoms in total. The van der Waals surface area contributed by atoms with Crippen molar-refractivity contribution in [3.8, 4) is 0 Å². The maximum absolute atomic E-state index is 12.3. The molecule has 3 saturated heterocycles. The minimum Gasteiger partial charge on any atom is -0.353 e. The van der Waals surface area contributed by atoms with Crippen molar-refractivity contribution >= 4 is 11.8 Å². The quantitative estimate of drug-likeness (QED) is 0.721. The molecule has 1 unspecified atom stereocenters. The molecule has 0 aromatic carbocycles. The topological polar surface area (TPSA) is 59.1 Å². The Kier molecular flexibility index (Phi) is 3.70. The molecule has 0 N–H and O–H groups in total. The van der Waals surface area contributed by atoms with Crippen molar-refractivity contribution in [2.45, 2.75) is 38.0 Å². The average Bonchev–Trinajstić information content (AvgIpc) is 2.92. The summed E-state index contributed by atoms with van der Waals surface area (Å²) < 4.78 is 10.9. The number of fused-ring (bicyclic) bond motifs is 1. The summed E-state index contributed by atoms with van der Waals surface area (Å²) in [4.78, 5) is 27.6. The van der Waals surface area contributed by atoms with Gasteiger partial charge in [-0.25, -0.2) is 0 Å². The van der Waals surface area contributed by atoms with Crippen LogP contribution in [0.15, 0.2) is 0 Å². The summed E-state index contributed by atoms with van der Waals surface area (Å²) in [6, 6.07) is -0.213. The highest BCUT2D eigenvalue weighted by Crippen LogP contribution is 2.24. The van der Waals surface area contributed by atoms with Crippen molar-refractivity contribution in [3.63, 3.8) is 0 Å². The van der Waals surface area contributed by atoms with Crippen LogP contribution in [0.3, 0.4) is 0 Å². The SMILES string of the molecule is O=C1C2CCCN2C(=O)CN1CCC1OCCCO1. The first-order valence-electron chi connectivity index (χ1n) is 7.07. The number of carbonyl (C=O) groups excluding carboxylic acids is 2. The van der Waals surface area contributed by atoms with Crippen LogP contribution in [0.1, 0.15) is 25.7 Å². The molecule has 19 heavy (non-hydrogen) atoms. The Morgan fingerprint density at radius 1 is 1.16 bits per heavy atom. The Hall–Kier alpha value is -1.14. The minimum absolute atomic E-state index is 0.0765. The Morgan fingerprint density at radius 3 is 2.74 bits per heavy atom. The molecule has 0 aromatic heterocycles. The van der Waals surface area contributed by atoms with Gasteiger partial charge in [0, 0.05) is 19.5 Å². The van der Waals surface area contributed by atoms with E-state index in [1.807, 2.05) is 0 Å². The zero-order valence-corrected chi connectivity index (χ0v) is 11.0. The molecule has 0 saturated carbocycles. The van der Waals surface area contributed by atoms with Crippen LogP contribution in [0.2, 0.25) is 0 Å². The number of rotatable bonds is 3. The van der Waals surface area contributed by atoms with Gasteiger partial charge in [-0.2, -0.15) is 0 Å². The molecule has 0 bridgehead atoms. The van der Waals surface area contributed by atoms with Crippen LogP contribution in [0.4, 0.5) is 0 Å². The molecular formula is C13H20N2O4. The molecular weight excluding hydrogens is 248 g/mol. The first-order valence-corrected chi connectivity index (χ1v) is 7.07. The highest BCUT2D eigenvalue weighted by molar-refractivity contribution is 5.95. The van der Waals surface area contributed by atoms with E-state index < -0.39 is 0 Å². The standard InChI is InChI=1S/C13H20N2O4/c16-11-9-14(6-4-12-18-7-2-8-19-12)13(17)10-3-1-5-15(10)11/h10,12H,1-9H2. The smallest absolute Gasteiger partial charge is 0.245 e. The fourth-order valence-corrected chi connectivity index (χ4v) is 3.02. The van der Waals surface area contributed by atoms with Crippen molar-refractivity contribution in [1.82, 2.24) is 9.80 Å². The van der Waals surface area contributed by atoms with Gasteiger partial charge in [0.1, 0.15) is 6.04 Å². The monoisotopic (exact) mass is 268 g/mol. The summed E-state index contributed by atoms with van der Waals surface area (Å²) in [5.74, 6) is 0.167. The molecule has 3 aliphatic heterocycles. The van der Waals surface area contributed by atoms with E-state index in [2.05, 4.69) is 0 Å². The van der Waals surface area contributed by atoms with Crippen molar-refractivity contribution in [2.75, 3.05) is 32.8 Å². The van der Waals surface area contributed by atoms with E-state index in [1.165, 1.54) is 0 Å². The number of amides is 2. The summed E-state index contributed by atoms with van der Waals surface area (Å²) in [6.07, 6.45) is 3.08. The number of piperazine rings is 1.